The lowest BCUT2D eigenvalue weighted by atomic mass is 10.5. The van der Waals surface area contributed by atoms with Gasteiger partial charge in [-0.25, -0.2) is 4.57 Å². The molecule has 0 amide bonds. The van der Waals surface area contributed by atoms with Crippen LogP contribution in [0.3, 0.4) is 0 Å². The molecule has 0 saturated heterocycles. The van der Waals surface area contributed by atoms with Crippen LogP contribution in [0.25, 0.3) is 0 Å². The van der Waals surface area contributed by atoms with Gasteiger partial charge in [-0.2, -0.15) is 13.2 Å². The van der Waals surface area contributed by atoms with Crippen LogP contribution in [-0.4, -0.2) is 22.6 Å². The molecule has 13 heavy (non-hydrogen) atoms. The lowest BCUT2D eigenvalue weighted by Gasteiger charge is -2.06. The summed E-state index contributed by atoms with van der Waals surface area (Å²) < 4.78 is 47.3. The lowest BCUT2D eigenvalue weighted by Crippen LogP contribution is -2.10. The molecule has 0 aromatic carbocycles. The molecule has 0 atom stereocenters. The molecule has 0 radical (unpaired) electrons. The fraction of sp³-hybridized carbons (Fsp3) is 1.00. The van der Waals surface area contributed by atoms with E-state index in [-0.39, 0.29) is 12.3 Å². The lowest BCUT2D eigenvalue weighted by molar-refractivity contribution is -0.140. The quantitative estimate of drug-likeness (QED) is 0.538. The fourth-order valence-electron chi connectivity index (χ4n) is 0.280. The maximum Gasteiger partial charge on any atom is 0.469 e. The summed E-state index contributed by atoms with van der Waals surface area (Å²) in [7, 11) is -4.75. The first kappa shape index (κ1) is 18.6. The van der Waals surface area contributed by atoms with Crippen LogP contribution in [0.2, 0.25) is 0 Å². The van der Waals surface area contributed by atoms with Gasteiger partial charge in [0.05, 0.1) is 13.0 Å². The van der Waals surface area contributed by atoms with Crippen LogP contribution in [0.1, 0.15) is 6.42 Å². The van der Waals surface area contributed by atoms with E-state index in [9.17, 15) is 17.7 Å². The Kier molecular flexibility index (Phi) is 9.00. The van der Waals surface area contributed by atoms with Gasteiger partial charge in [0.25, 0.3) is 0 Å². The minimum Gasteiger partial charge on any atom is -0.344 e. The standard InChI is InChI=1S/C3H6F3O4P.2H3N/c4-3(5,6)1-2-10-11(7,8)9;;/h1-2H2,(H2,7,8,9);2*1H3. The average Bonchev–Trinajstić information content (AvgIpc) is 1.55. The van der Waals surface area contributed by atoms with Crippen molar-refractivity contribution in [2.75, 3.05) is 6.61 Å². The highest BCUT2D eigenvalue weighted by Gasteiger charge is 2.28. The normalized spacial score (nSPS) is 11.5. The number of alkyl halides is 3. The van der Waals surface area contributed by atoms with Gasteiger partial charge in [0.15, 0.2) is 0 Å². The summed E-state index contributed by atoms with van der Waals surface area (Å²) in [6.45, 7) is -1.02. The zero-order chi connectivity index (χ0) is 9.12. The predicted octanol–water partition coefficient (Wildman–Crippen LogP) is 1.37. The number of hydrogen-bond donors (Lipinski definition) is 4. The van der Waals surface area contributed by atoms with Gasteiger partial charge in [0, 0.05) is 0 Å². The third kappa shape index (κ3) is 18.6. The van der Waals surface area contributed by atoms with Crippen LogP contribution in [0.4, 0.5) is 13.2 Å². The molecule has 8 N–H and O–H groups in total. The second-order valence-electron chi connectivity index (χ2n) is 1.69. The summed E-state index contributed by atoms with van der Waals surface area (Å²) >= 11 is 0. The molecule has 10 heteroatoms. The molecule has 0 aliphatic rings. The van der Waals surface area contributed by atoms with Crippen LogP contribution in [-0.2, 0) is 9.09 Å². The number of halogens is 3. The Labute approximate surface area is 72.5 Å². The van der Waals surface area contributed by atoms with Gasteiger partial charge in [0.1, 0.15) is 0 Å². The van der Waals surface area contributed by atoms with Crippen LogP contribution >= 0.6 is 7.82 Å². The van der Waals surface area contributed by atoms with E-state index in [1.54, 1.807) is 0 Å². The summed E-state index contributed by atoms with van der Waals surface area (Å²) in [5, 5.41) is 0. The van der Waals surface area contributed by atoms with Crippen LogP contribution in [0, 0.1) is 0 Å². The second kappa shape index (κ2) is 6.30. The third-order valence-corrected chi connectivity index (χ3v) is 1.16. The maximum atomic E-state index is 11.3. The predicted molar refractivity (Wildman–Crippen MR) is 38.7 cm³/mol. The van der Waals surface area contributed by atoms with E-state index in [0.29, 0.717) is 0 Å². The van der Waals surface area contributed by atoms with E-state index in [1.807, 2.05) is 0 Å². The molecule has 0 rings (SSSR count). The number of hydrogen-bond acceptors (Lipinski definition) is 4. The van der Waals surface area contributed by atoms with Crippen molar-refractivity contribution in [3.05, 3.63) is 0 Å². The highest BCUT2D eigenvalue weighted by atomic mass is 31.2. The van der Waals surface area contributed by atoms with Crippen LogP contribution in [0.15, 0.2) is 0 Å². The summed E-state index contributed by atoms with van der Waals surface area (Å²) in [5.74, 6) is 0. The smallest absolute Gasteiger partial charge is 0.344 e. The number of rotatable bonds is 3. The van der Waals surface area contributed by atoms with Gasteiger partial charge in [-0.3, -0.25) is 4.52 Å². The van der Waals surface area contributed by atoms with Crippen LogP contribution in [0.5, 0.6) is 0 Å². The van der Waals surface area contributed by atoms with Crippen molar-refractivity contribution in [3.63, 3.8) is 0 Å². The first-order valence-electron chi connectivity index (χ1n) is 2.47. The Hall–Kier alpha value is -0.180. The molecule has 0 fully saturated rings. The molecule has 0 saturated carbocycles. The molecule has 0 heterocycles. The molecule has 0 spiro atoms. The molecule has 0 aliphatic heterocycles. The molecular weight excluding hydrogens is 216 g/mol. The fourth-order valence-corrected chi connectivity index (χ4v) is 0.609. The van der Waals surface area contributed by atoms with Gasteiger partial charge in [0.2, 0.25) is 0 Å². The molecule has 84 valence electrons. The van der Waals surface area contributed by atoms with Crippen molar-refractivity contribution in [2.45, 2.75) is 12.6 Å². The van der Waals surface area contributed by atoms with Crippen LogP contribution < -0.4 is 12.3 Å². The molecule has 0 aromatic heterocycles. The van der Waals surface area contributed by atoms with Gasteiger partial charge in [-0.15, -0.1) is 0 Å². The summed E-state index contributed by atoms with van der Waals surface area (Å²) in [6.07, 6.45) is -5.81. The Morgan fingerprint density at radius 3 is 1.85 bits per heavy atom. The zero-order valence-electron chi connectivity index (χ0n) is 6.62. The summed E-state index contributed by atoms with van der Waals surface area (Å²) in [5.41, 5.74) is 0. The van der Waals surface area contributed by atoms with Gasteiger partial charge in [-0.05, 0) is 0 Å². The van der Waals surface area contributed by atoms with Crippen molar-refractivity contribution in [2.24, 2.45) is 0 Å². The largest absolute Gasteiger partial charge is 0.469 e. The van der Waals surface area contributed by atoms with E-state index in [2.05, 4.69) is 4.52 Å². The Morgan fingerprint density at radius 2 is 1.62 bits per heavy atom. The SMILES string of the molecule is N.N.O=P(O)(O)OCCC(F)(F)F. The van der Waals surface area contributed by atoms with Gasteiger partial charge in [-0.1, -0.05) is 0 Å². The highest BCUT2D eigenvalue weighted by Crippen LogP contribution is 2.36. The zero-order valence-corrected chi connectivity index (χ0v) is 7.51. The van der Waals surface area contributed by atoms with E-state index in [4.69, 9.17) is 9.79 Å². The minimum atomic E-state index is -4.75. The van der Waals surface area contributed by atoms with E-state index < -0.39 is 27.0 Å². The maximum absolute atomic E-state index is 11.3. The first-order valence-corrected chi connectivity index (χ1v) is 4.00. The van der Waals surface area contributed by atoms with Crippen molar-refractivity contribution in [1.82, 2.24) is 12.3 Å². The van der Waals surface area contributed by atoms with Crippen molar-refractivity contribution in [1.29, 1.82) is 0 Å². The van der Waals surface area contributed by atoms with E-state index >= 15 is 0 Å². The van der Waals surface area contributed by atoms with Crippen molar-refractivity contribution in [3.8, 4) is 0 Å². The average molecular weight is 228 g/mol. The van der Waals surface area contributed by atoms with E-state index in [0.717, 1.165) is 0 Å². The highest BCUT2D eigenvalue weighted by molar-refractivity contribution is 7.46. The van der Waals surface area contributed by atoms with Crippen molar-refractivity contribution < 1.29 is 32.0 Å². The molecule has 6 nitrogen and oxygen atoms in total. The summed E-state index contributed by atoms with van der Waals surface area (Å²) in [4.78, 5) is 15.9. The number of phosphoric acid groups is 1. The molecule has 0 aromatic rings. The molecule has 0 bridgehead atoms. The topological polar surface area (TPSA) is 137 Å². The van der Waals surface area contributed by atoms with Crippen molar-refractivity contribution >= 4 is 7.82 Å². The second-order valence-corrected chi connectivity index (χ2v) is 2.93. The van der Waals surface area contributed by atoms with Gasteiger partial charge < -0.3 is 22.1 Å². The molecular formula is C3H12F3N2O4P. The summed E-state index contributed by atoms with van der Waals surface area (Å²) in [6, 6.07) is 0. The molecule has 0 aliphatic carbocycles. The molecule has 0 unspecified atom stereocenters. The Bertz CT molecular complexity index is 169. The third-order valence-electron chi connectivity index (χ3n) is 0.645. The minimum absolute atomic E-state index is 0. The monoisotopic (exact) mass is 228 g/mol. The first-order chi connectivity index (χ1) is 4.71. The Balaban J connectivity index is -0.000000500. The Morgan fingerprint density at radius 1 is 1.23 bits per heavy atom. The van der Waals surface area contributed by atoms with Gasteiger partial charge >= 0.3 is 14.0 Å². The number of phosphoric ester groups is 1. The van der Waals surface area contributed by atoms with E-state index in [1.165, 1.54) is 0 Å².